The molecule has 0 aliphatic heterocycles. The third kappa shape index (κ3) is 5.52. The van der Waals surface area contributed by atoms with E-state index in [1.54, 1.807) is 0 Å². The molecule has 0 aliphatic rings. The average Bonchev–Trinajstić information content (AvgIpc) is 2.11. The fourth-order valence-electron chi connectivity index (χ4n) is 1.06. The molecule has 3 heteroatoms. The molecule has 12 heavy (non-hydrogen) atoms. The molecule has 0 spiro atoms. The second kappa shape index (κ2) is 7.53. The smallest absolute Gasteiger partial charge is 0.0581 e. The number of hydrogen-bond donors (Lipinski definition) is 3. The summed E-state index contributed by atoms with van der Waals surface area (Å²) < 4.78 is 0. The quantitative estimate of drug-likeness (QED) is 0.521. The first-order valence-electron chi connectivity index (χ1n) is 4.82. The Morgan fingerprint density at radius 2 is 1.92 bits per heavy atom. The Balaban J connectivity index is 3.43. The van der Waals surface area contributed by atoms with Gasteiger partial charge < -0.3 is 15.7 Å². The van der Waals surface area contributed by atoms with Gasteiger partial charge in [-0.1, -0.05) is 13.8 Å². The molecule has 0 aliphatic carbocycles. The predicted molar refractivity (Wildman–Crippen MR) is 52.3 cm³/mol. The van der Waals surface area contributed by atoms with E-state index >= 15 is 0 Å². The van der Waals surface area contributed by atoms with Gasteiger partial charge in [0.15, 0.2) is 0 Å². The van der Waals surface area contributed by atoms with E-state index in [1.165, 1.54) is 0 Å². The first-order chi connectivity index (χ1) is 5.74. The lowest BCUT2D eigenvalue weighted by Crippen LogP contribution is -2.42. The van der Waals surface area contributed by atoms with E-state index in [9.17, 15) is 0 Å². The molecule has 0 aromatic rings. The third-order valence-corrected chi connectivity index (χ3v) is 1.97. The monoisotopic (exact) mass is 174 g/mol. The lowest BCUT2D eigenvalue weighted by atomic mass is 10.2. The summed E-state index contributed by atoms with van der Waals surface area (Å²) in [5.74, 6) is 0. The fraction of sp³-hybridized carbons (Fsp3) is 1.00. The summed E-state index contributed by atoms with van der Waals surface area (Å²) in [5.41, 5.74) is 0. The highest BCUT2D eigenvalue weighted by Gasteiger charge is 2.05. The van der Waals surface area contributed by atoms with E-state index < -0.39 is 0 Å². The maximum absolute atomic E-state index is 8.77. The van der Waals surface area contributed by atoms with Gasteiger partial charge in [-0.15, -0.1) is 0 Å². The molecule has 2 unspecified atom stereocenters. The van der Waals surface area contributed by atoms with Crippen molar-refractivity contribution in [3.05, 3.63) is 0 Å². The van der Waals surface area contributed by atoms with Crippen LogP contribution in [0.4, 0.5) is 0 Å². The second-order valence-electron chi connectivity index (χ2n) is 3.15. The highest BCUT2D eigenvalue weighted by atomic mass is 16.3. The van der Waals surface area contributed by atoms with Gasteiger partial charge in [-0.2, -0.15) is 0 Å². The Labute approximate surface area is 75.6 Å². The highest BCUT2D eigenvalue weighted by molar-refractivity contribution is 4.69. The topological polar surface area (TPSA) is 44.3 Å². The highest BCUT2D eigenvalue weighted by Crippen LogP contribution is 1.89. The van der Waals surface area contributed by atoms with Gasteiger partial charge in [0.25, 0.3) is 0 Å². The first kappa shape index (κ1) is 11.9. The lowest BCUT2D eigenvalue weighted by molar-refractivity contribution is 0.247. The zero-order valence-electron chi connectivity index (χ0n) is 8.43. The Morgan fingerprint density at radius 3 is 2.33 bits per heavy atom. The SMILES string of the molecule is CCNC(CC)CNC(C)CO. The van der Waals surface area contributed by atoms with Crippen LogP contribution >= 0.6 is 0 Å². The van der Waals surface area contributed by atoms with Crippen LogP contribution in [0.2, 0.25) is 0 Å². The molecule has 3 nitrogen and oxygen atoms in total. The summed E-state index contributed by atoms with van der Waals surface area (Å²) in [6.45, 7) is 8.41. The van der Waals surface area contributed by atoms with Gasteiger partial charge in [0.1, 0.15) is 0 Å². The molecule has 74 valence electrons. The lowest BCUT2D eigenvalue weighted by Gasteiger charge is -2.18. The van der Waals surface area contributed by atoms with E-state index in [0.29, 0.717) is 6.04 Å². The molecule has 0 saturated heterocycles. The van der Waals surface area contributed by atoms with Crippen LogP contribution in [-0.2, 0) is 0 Å². The summed E-state index contributed by atoms with van der Waals surface area (Å²) in [5, 5.41) is 15.4. The van der Waals surface area contributed by atoms with Crippen LogP contribution in [0.5, 0.6) is 0 Å². The van der Waals surface area contributed by atoms with Crippen molar-refractivity contribution in [3.63, 3.8) is 0 Å². The predicted octanol–water partition coefficient (Wildman–Crippen LogP) is 0.345. The zero-order valence-corrected chi connectivity index (χ0v) is 8.43. The summed E-state index contributed by atoms with van der Waals surface area (Å²) >= 11 is 0. The largest absolute Gasteiger partial charge is 0.395 e. The van der Waals surface area contributed by atoms with Crippen molar-refractivity contribution in [3.8, 4) is 0 Å². The second-order valence-corrected chi connectivity index (χ2v) is 3.15. The van der Waals surface area contributed by atoms with Crippen molar-refractivity contribution in [1.82, 2.24) is 10.6 Å². The van der Waals surface area contributed by atoms with Crippen LogP contribution in [0.1, 0.15) is 27.2 Å². The molecule has 0 aromatic carbocycles. The van der Waals surface area contributed by atoms with Crippen LogP contribution in [0.15, 0.2) is 0 Å². The Kier molecular flexibility index (Phi) is 7.45. The molecule has 0 heterocycles. The number of aliphatic hydroxyl groups excluding tert-OH is 1. The molecular formula is C9H22N2O. The van der Waals surface area contributed by atoms with Crippen molar-refractivity contribution in [2.24, 2.45) is 0 Å². The molecule has 3 N–H and O–H groups in total. The van der Waals surface area contributed by atoms with Gasteiger partial charge in [0, 0.05) is 18.6 Å². The van der Waals surface area contributed by atoms with Crippen LogP contribution in [0.25, 0.3) is 0 Å². The number of likely N-dealkylation sites (N-methyl/N-ethyl adjacent to an activating group) is 1. The fourth-order valence-corrected chi connectivity index (χ4v) is 1.06. The number of rotatable bonds is 7. The van der Waals surface area contributed by atoms with Gasteiger partial charge >= 0.3 is 0 Å². The van der Waals surface area contributed by atoms with Crippen LogP contribution in [-0.4, -0.2) is 36.9 Å². The van der Waals surface area contributed by atoms with E-state index in [-0.39, 0.29) is 12.6 Å². The average molecular weight is 174 g/mol. The minimum Gasteiger partial charge on any atom is -0.395 e. The van der Waals surface area contributed by atoms with Crippen LogP contribution in [0, 0.1) is 0 Å². The number of nitrogens with one attached hydrogen (secondary N) is 2. The molecule has 0 amide bonds. The third-order valence-electron chi connectivity index (χ3n) is 1.97. The van der Waals surface area contributed by atoms with Gasteiger partial charge in [-0.05, 0) is 19.9 Å². The van der Waals surface area contributed by atoms with Gasteiger partial charge in [0.05, 0.1) is 6.61 Å². The van der Waals surface area contributed by atoms with Crippen molar-refractivity contribution < 1.29 is 5.11 Å². The normalized spacial score (nSPS) is 16.0. The van der Waals surface area contributed by atoms with Gasteiger partial charge in [0.2, 0.25) is 0 Å². The van der Waals surface area contributed by atoms with Crippen molar-refractivity contribution in [2.75, 3.05) is 19.7 Å². The van der Waals surface area contributed by atoms with E-state index in [4.69, 9.17) is 5.11 Å². The Morgan fingerprint density at radius 1 is 1.25 bits per heavy atom. The maximum atomic E-state index is 8.77. The van der Waals surface area contributed by atoms with Crippen molar-refractivity contribution >= 4 is 0 Å². The molecule has 0 radical (unpaired) electrons. The van der Waals surface area contributed by atoms with E-state index in [0.717, 1.165) is 19.5 Å². The van der Waals surface area contributed by atoms with E-state index in [2.05, 4.69) is 24.5 Å². The summed E-state index contributed by atoms with van der Waals surface area (Å²) in [7, 11) is 0. The Hall–Kier alpha value is -0.120. The molecule has 0 aromatic heterocycles. The number of hydrogen-bond acceptors (Lipinski definition) is 3. The van der Waals surface area contributed by atoms with Gasteiger partial charge in [-0.3, -0.25) is 0 Å². The molecule has 0 saturated carbocycles. The molecule has 0 rings (SSSR count). The first-order valence-corrected chi connectivity index (χ1v) is 4.82. The Bertz CT molecular complexity index is 98.5. The maximum Gasteiger partial charge on any atom is 0.0581 e. The molecular weight excluding hydrogens is 152 g/mol. The summed E-state index contributed by atoms with van der Waals surface area (Å²) in [6.07, 6.45) is 1.12. The minimum absolute atomic E-state index is 0.206. The molecule has 2 atom stereocenters. The van der Waals surface area contributed by atoms with Crippen molar-refractivity contribution in [2.45, 2.75) is 39.3 Å². The van der Waals surface area contributed by atoms with Crippen molar-refractivity contribution in [1.29, 1.82) is 0 Å². The van der Waals surface area contributed by atoms with Gasteiger partial charge in [-0.25, -0.2) is 0 Å². The van der Waals surface area contributed by atoms with Crippen LogP contribution in [0.3, 0.4) is 0 Å². The minimum atomic E-state index is 0.206. The zero-order chi connectivity index (χ0) is 9.40. The molecule has 0 bridgehead atoms. The summed E-state index contributed by atoms with van der Waals surface area (Å²) in [4.78, 5) is 0. The van der Waals surface area contributed by atoms with Crippen LogP contribution < -0.4 is 10.6 Å². The number of aliphatic hydroxyl groups is 1. The molecule has 0 fully saturated rings. The standard InChI is InChI=1S/C9H22N2O/c1-4-9(10-5-2)6-11-8(3)7-12/h8-12H,4-7H2,1-3H3. The summed E-state index contributed by atoms with van der Waals surface area (Å²) in [6, 6.07) is 0.738. The van der Waals surface area contributed by atoms with E-state index in [1.807, 2.05) is 6.92 Å².